The maximum absolute atomic E-state index is 5.97. The van der Waals surface area contributed by atoms with Crippen molar-refractivity contribution in [2.45, 2.75) is 57.5 Å². The highest BCUT2D eigenvalue weighted by Crippen LogP contribution is 2.37. The molecule has 1 aromatic carbocycles. The summed E-state index contributed by atoms with van der Waals surface area (Å²) in [6.45, 7) is 4.20. The van der Waals surface area contributed by atoms with Crippen LogP contribution in [0.25, 0.3) is 6.08 Å². The van der Waals surface area contributed by atoms with Crippen molar-refractivity contribution < 1.29 is 4.74 Å². The lowest BCUT2D eigenvalue weighted by Gasteiger charge is -2.29. The van der Waals surface area contributed by atoms with Gasteiger partial charge in [-0.25, -0.2) is 0 Å². The van der Waals surface area contributed by atoms with Crippen LogP contribution in [0, 0.1) is 0 Å². The number of hydrogen-bond acceptors (Lipinski definition) is 1. The summed E-state index contributed by atoms with van der Waals surface area (Å²) in [4.78, 5) is 0. The lowest BCUT2D eigenvalue weighted by atomic mass is 9.83. The first-order valence-electron chi connectivity index (χ1n) is 7.16. The first-order valence-corrected chi connectivity index (χ1v) is 7.16. The summed E-state index contributed by atoms with van der Waals surface area (Å²) in [6.07, 6.45) is 11.3. The van der Waals surface area contributed by atoms with Crippen molar-refractivity contribution in [3.05, 3.63) is 35.4 Å². The quantitative estimate of drug-likeness (QED) is 0.679. The van der Waals surface area contributed by atoms with Crippen LogP contribution in [0.5, 0.6) is 5.75 Å². The molecule has 0 spiro atoms. The minimum atomic E-state index is -0.167. The van der Waals surface area contributed by atoms with Crippen LogP contribution in [0.3, 0.4) is 0 Å². The van der Waals surface area contributed by atoms with Crippen molar-refractivity contribution in [1.29, 1.82) is 0 Å². The molecule has 1 aromatic rings. The Hall–Kier alpha value is -1.24. The molecule has 1 heterocycles. The van der Waals surface area contributed by atoms with Gasteiger partial charge in [-0.15, -0.1) is 0 Å². The zero-order valence-electron chi connectivity index (χ0n) is 11.4. The van der Waals surface area contributed by atoms with E-state index >= 15 is 0 Å². The Morgan fingerprint density at radius 3 is 2.67 bits per heavy atom. The van der Waals surface area contributed by atoms with Crippen LogP contribution in [0.15, 0.2) is 24.3 Å². The van der Waals surface area contributed by atoms with Crippen molar-refractivity contribution >= 4 is 6.08 Å². The summed E-state index contributed by atoms with van der Waals surface area (Å²) in [7, 11) is 0. The monoisotopic (exact) mass is 242 g/mol. The zero-order chi connectivity index (χ0) is 12.6. The number of ether oxygens (including phenoxy) is 1. The van der Waals surface area contributed by atoms with Gasteiger partial charge in [0.15, 0.2) is 0 Å². The van der Waals surface area contributed by atoms with Crippen LogP contribution in [0.4, 0.5) is 0 Å². The molecule has 1 aliphatic carbocycles. The van der Waals surface area contributed by atoms with Crippen molar-refractivity contribution in [2.24, 2.45) is 0 Å². The van der Waals surface area contributed by atoms with Gasteiger partial charge in [-0.1, -0.05) is 31.4 Å². The van der Waals surface area contributed by atoms with Gasteiger partial charge in [0.05, 0.1) is 0 Å². The van der Waals surface area contributed by atoms with E-state index in [0.717, 1.165) is 11.7 Å². The molecule has 0 bridgehead atoms. The fourth-order valence-electron chi connectivity index (χ4n) is 3.09. The van der Waals surface area contributed by atoms with E-state index in [1.165, 1.54) is 43.2 Å². The Labute approximate surface area is 110 Å². The van der Waals surface area contributed by atoms with Gasteiger partial charge in [-0.05, 0) is 56.4 Å². The Morgan fingerprint density at radius 1 is 1.11 bits per heavy atom. The third kappa shape index (κ3) is 2.31. The van der Waals surface area contributed by atoms with Crippen LogP contribution in [0.1, 0.15) is 63.0 Å². The fraction of sp³-hybridized carbons (Fsp3) is 0.529. The molecule has 2 aliphatic rings. The number of benzene rings is 1. The number of hydrogen-bond donors (Lipinski definition) is 0. The van der Waals surface area contributed by atoms with Gasteiger partial charge in [0.25, 0.3) is 0 Å². The lowest BCUT2D eigenvalue weighted by Crippen LogP contribution is -2.27. The molecule has 0 saturated heterocycles. The first kappa shape index (κ1) is 11.8. The second kappa shape index (κ2) is 4.46. The molecule has 0 unspecified atom stereocenters. The predicted octanol–water partition coefficient (Wildman–Crippen LogP) is 4.92. The van der Waals surface area contributed by atoms with Crippen molar-refractivity contribution in [2.75, 3.05) is 0 Å². The molecule has 0 aromatic heterocycles. The summed E-state index contributed by atoms with van der Waals surface area (Å²) >= 11 is 0. The Balaban J connectivity index is 1.87. The molecule has 18 heavy (non-hydrogen) atoms. The van der Waals surface area contributed by atoms with E-state index in [2.05, 4.69) is 44.2 Å². The van der Waals surface area contributed by atoms with E-state index in [0.29, 0.717) is 0 Å². The molecule has 1 heteroatoms. The number of fused-ring (bicyclic) bond motifs is 1. The van der Waals surface area contributed by atoms with Crippen molar-refractivity contribution in [3.63, 3.8) is 0 Å². The minimum absolute atomic E-state index is 0.167. The van der Waals surface area contributed by atoms with Gasteiger partial charge in [0, 0.05) is 5.56 Å². The summed E-state index contributed by atoms with van der Waals surface area (Å²) in [5.74, 6) is 1.80. The third-order valence-electron chi connectivity index (χ3n) is 4.15. The van der Waals surface area contributed by atoms with Crippen LogP contribution in [-0.2, 0) is 0 Å². The lowest BCUT2D eigenvalue weighted by molar-refractivity contribution is 0.159. The highest BCUT2D eigenvalue weighted by Gasteiger charge is 2.23. The second-order valence-corrected chi connectivity index (χ2v) is 6.17. The van der Waals surface area contributed by atoms with Crippen molar-refractivity contribution in [1.82, 2.24) is 0 Å². The van der Waals surface area contributed by atoms with E-state index in [1.807, 2.05) is 0 Å². The molecule has 0 atom stereocenters. The molecule has 1 fully saturated rings. The van der Waals surface area contributed by atoms with E-state index in [4.69, 9.17) is 4.74 Å². The van der Waals surface area contributed by atoms with Gasteiger partial charge >= 0.3 is 0 Å². The van der Waals surface area contributed by atoms with Gasteiger partial charge in [-0.2, -0.15) is 0 Å². The average Bonchev–Trinajstić information content (AvgIpc) is 2.38. The van der Waals surface area contributed by atoms with Gasteiger partial charge in [-0.3, -0.25) is 0 Å². The van der Waals surface area contributed by atoms with E-state index < -0.39 is 0 Å². The van der Waals surface area contributed by atoms with Gasteiger partial charge < -0.3 is 4.74 Å². The van der Waals surface area contributed by atoms with Crippen LogP contribution >= 0.6 is 0 Å². The van der Waals surface area contributed by atoms with Crippen molar-refractivity contribution in [3.8, 4) is 5.75 Å². The second-order valence-electron chi connectivity index (χ2n) is 6.17. The van der Waals surface area contributed by atoms with Crippen LogP contribution in [-0.4, -0.2) is 5.60 Å². The summed E-state index contributed by atoms with van der Waals surface area (Å²) in [5.41, 5.74) is 2.58. The maximum Gasteiger partial charge on any atom is 0.127 e. The molecule has 3 rings (SSSR count). The highest BCUT2D eigenvalue weighted by atomic mass is 16.5. The van der Waals surface area contributed by atoms with Gasteiger partial charge in [0.2, 0.25) is 0 Å². The normalized spacial score (nSPS) is 22.3. The molecule has 0 N–H and O–H groups in total. The Bertz CT molecular complexity index is 464. The Kier molecular flexibility index (Phi) is 2.93. The SMILES string of the molecule is CC1(C)C=Cc2cc(C3CCCCC3)ccc2O1. The molecule has 1 saturated carbocycles. The van der Waals surface area contributed by atoms with Gasteiger partial charge in [0.1, 0.15) is 11.4 Å². The third-order valence-corrected chi connectivity index (χ3v) is 4.15. The largest absolute Gasteiger partial charge is 0.483 e. The molecule has 0 amide bonds. The molecular formula is C17H22O. The first-order chi connectivity index (χ1) is 8.64. The summed E-state index contributed by atoms with van der Waals surface area (Å²) in [6, 6.07) is 6.76. The van der Waals surface area contributed by atoms with E-state index in [1.54, 1.807) is 0 Å². The summed E-state index contributed by atoms with van der Waals surface area (Å²) < 4.78 is 5.97. The predicted molar refractivity (Wildman–Crippen MR) is 76.0 cm³/mol. The minimum Gasteiger partial charge on any atom is -0.483 e. The fourth-order valence-corrected chi connectivity index (χ4v) is 3.09. The van der Waals surface area contributed by atoms with Crippen LogP contribution in [0.2, 0.25) is 0 Å². The molecule has 96 valence electrons. The molecule has 1 nitrogen and oxygen atoms in total. The van der Waals surface area contributed by atoms with E-state index in [9.17, 15) is 0 Å². The molecule has 1 aliphatic heterocycles. The maximum atomic E-state index is 5.97. The molecule has 0 radical (unpaired) electrons. The Morgan fingerprint density at radius 2 is 1.89 bits per heavy atom. The average molecular weight is 242 g/mol. The topological polar surface area (TPSA) is 9.23 Å². The molecular weight excluding hydrogens is 220 g/mol. The standard InChI is InChI=1S/C17H22O/c1-17(2)11-10-15-12-14(8-9-16(15)18-17)13-6-4-3-5-7-13/h8-13H,3-7H2,1-2H3. The smallest absolute Gasteiger partial charge is 0.127 e. The highest BCUT2D eigenvalue weighted by molar-refractivity contribution is 5.62. The zero-order valence-corrected chi connectivity index (χ0v) is 11.4. The summed E-state index contributed by atoms with van der Waals surface area (Å²) in [5, 5.41) is 0. The number of rotatable bonds is 1. The van der Waals surface area contributed by atoms with Crippen LogP contribution < -0.4 is 4.74 Å². The van der Waals surface area contributed by atoms with E-state index in [-0.39, 0.29) is 5.60 Å².